The van der Waals surface area contributed by atoms with E-state index in [1.165, 1.54) is 19.3 Å². The number of aromatic nitrogens is 2. The largest absolute Gasteiger partial charge is 0.424 e. The average molecular weight is 241 g/mol. The molecule has 0 aliphatic heterocycles. The van der Waals surface area contributed by atoms with Gasteiger partial charge in [0, 0.05) is 18.2 Å². The molecule has 0 saturated heterocycles. The van der Waals surface area contributed by atoms with Gasteiger partial charge in [-0.15, -0.1) is 10.2 Å². The molecule has 0 N–H and O–H groups in total. The van der Waals surface area contributed by atoms with Crippen LogP contribution in [0.5, 0.6) is 0 Å². The highest BCUT2D eigenvalue weighted by Gasteiger charge is 2.30. The third-order valence-corrected chi connectivity index (χ3v) is 4.39. The summed E-state index contributed by atoms with van der Waals surface area (Å²) < 4.78 is 5.41. The van der Waals surface area contributed by atoms with Crippen LogP contribution in [0.25, 0.3) is 0 Å². The minimum absolute atomic E-state index is 0.649. The van der Waals surface area contributed by atoms with Crippen LogP contribution in [-0.2, 0) is 6.54 Å². The summed E-state index contributed by atoms with van der Waals surface area (Å²) in [6.45, 7) is 2.60. The van der Waals surface area contributed by atoms with Crippen molar-refractivity contribution in [2.24, 2.45) is 0 Å². The van der Waals surface area contributed by atoms with Crippen LogP contribution in [0.4, 0.5) is 0 Å². The Morgan fingerprint density at radius 2 is 2.25 bits per heavy atom. The van der Waals surface area contributed by atoms with Gasteiger partial charge in [0.2, 0.25) is 11.8 Å². The van der Waals surface area contributed by atoms with Gasteiger partial charge in [0.1, 0.15) is 0 Å². The van der Waals surface area contributed by atoms with Gasteiger partial charge in [0.15, 0.2) is 0 Å². The van der Waals surface area contributed by atoms with E-state index in [9.17, 15) is 0 Å². The molecular weight excluding hydrogens is 222 g/mol. The number of hydrogen-bond acceptors (Lipinski definition) is 5. The molecule has 0 spiro atoms. The van der Waals surface area contributed by atoms with Crippen LogP contribution in [0.1, 0.15) is 31.0 Å². The molecule has 1 aromatic rings. The quantitative estimate of drug-likeness (QED) is 0.807. The Labute approximate surface area is 101 Å². The fourth-order valence-corrected chi connectivity index (χ4v) is 3.48. The van der Waals surface area contributed by atoms with E-state index in [-0.39, 0.29) is 0 Å². The smallest absolute Gasteiger partial charge is 0.230 e. The molecule has 2 atom stereocenters. The van der Waals surface area contributed by atoms with Crippen LogP contribution in [0.3, 0.4) is 0 Å². The van der Waals surface area contributed by atoms with E-state index in [1.807, 2.05) is 18.7 Å². The van der Waals surface area contributed by atoms with E-state index in [2.05, 4.69) is 28.4 Å². The fourth-order valence-electron chi connectivity index (χ4n) is 2.42. The lowest BCUT2D eigenvalue weighted by atomic mass is 10.2. The summed E-state index contributed by atoms with van der Waals surface area (Å²) in [5, 5.41) is 8.66. The maximum atomic E-state index is 5.41. The molecule has 1 heterocycles. The van der Waals surface area contributed by atoms with Crippen LogP contribution in [0, 0.1) is 6.92 Å². The molecule has 0 bridgehead atoms. The second-order valence-electron chi connectivity index (χ2n) is 4.40. The van der Waals surface area contributed by atoms with Crippen LogP contribution < -0.4 is 0 Å². The van der Waals surface area contributed by atoms with Gasteiger partial charge in [0.05, 0.1) is 6.54 Å². The summed E-state index contributed by atoms with van der Waals surface area (Å²) >= 11 is 1.98. The van der Waals surface area contributed by atoms with Crippen molar-refractivity contribution in [1.29, 1.82) is 0 Å². The van der Waals surface area contributed by atoms with Crippen molar-refractivity contribution in [3.05, 3.63) is 11.8 Å². The molecule has 0 aromatic carbocycles. The maximum absolute atomic E-state index is 5.41. The van der Waals surface area contributed by atoms with Gasteiger partial charge in [-0.1, -0.05) is 6.42 Å². The van der Waals surface area contributed by atoms with Crippen molar-refractivity contribution < 1.29 is 4.42 Å². The minimum atomic E-state index is 0.649. The highest BCUT2D eigenvalue weighted by atomic mass is 32.2. The zero-order valence-electron chi connectivity index (χ0n) is 10.1. The van der Waals surface area contributed by atoms with E-state index in [0.717, 1.165) is 17.7 Å². The van der Waals surface area contributed by atoms with Gasteiger partial charge in [-0.05, 0) is 26.1 Å². The molecule has 0 amide bonds. The summed E-state index contributed by atoms with van der Waals surface area (Å²) in [7, 11) is 2.15. The highest BCUT2D eigenvalue weighted by molar-refractivity contribution is 7.99. The van der Waals surface area contributed by atoms with E-state index < -0.39 is 0 Å². The predicted molar refractivity (Wildman–Crippen MR) is 65.4 cm³/mol. The third kappa shape index (κ3) is 2.58. The van der Waals surface area contributed by atoms with Gasteiger partial charge in [-0.25, -0.2) is 0 Å². The van der Waals surface area contributed by atoms with Crippen molar-refractivity contribution in [2.45, 2.75) is 44.0 Å². The Morgan fingerprint density at radius 3 is 2.88 bits per heavy atom. The lowest BCUT2D eigenvalue weighted by Gasteiger charge is -2.27. The number of thioether (sulfide) groups is 1. The van der Waals surface area contributed by atoms with Crippen LogP contribution in [0.2, 0.25) is 0 Å². The zero-order chi connectivity index (χ0) is 11.5. The molecular formula is C11H19N3OS. The van der Waals surface area contributed by atoms with Crippen LogP contribution in [0.15, 0.2) is 4.42 Å². The van der Waals surface area contributed by atoms with Crippen molar-refractivity contribution in [3.8, 4) is 0 Å². The first-order valence-electron chi connectivity index (χ1n) is 5.72. The Kier molecular flexibility index (Phi) is 3.86. The molecule has 0 unspecified atom stereocenters. The fraction of sp³-hybridized carbons (Fsp3) is 0.818. The first kappa shape index (κ1) is 11.9. The molecule has 5 heteroatoms. The van der Waals surface area contributed by atoms with E-state index in [1.54, 1.807) is 0 Å². The average Bonchev–Trinajstić information content (AvgIpc) is 2.86. The summed E-state index contributed by atoms with van der Waals surface area (Å²) in [4.78, 5) is 2.35. The van der Waals surface area contributed by atoms with Gasteiger partial charge in [0.25, 0.3) is 0 Å². The van der Waals surface area contributed by atoms with Crippen molar-refractivity contribution in [2.75, 3.05) is 13.3 Å². The van der Waals surface area contributed by atoms with Crippen molar-refractivity contribution in [1.82, 2.24) is 15.1 Å². The number of nitrogens with zero attached hydrogens (tertiary/aromatic N) is 3. The molecule has 1 saturated carbocycles. The standard InChI is InChI=1S/C11H19N3OS/c1-8-12-13-11(15-8)7-14(2)9-5-4-6-10(9)16-3/h9-10H,4-7H2,1-3H3/t9-,10-/m0/s1. The van der Waals surface area contributed by atoms with E-state index >= 15 is 0 Å². The van der Waals surface area contributed by atoms with E-state index in [4.69, 9.17) is 4.42 Å². The number of rotatable bonds is 4. The Hall–Kier alpha value is -0.550. The Bertz CT molecular complexity index is 342. The molecule has 1 aromatic heterocycles. The molecule has 2 rings (SSSR count). The normalized spacial score (nSPS) is 25.5. The minimum Gasteiger partial charge on any atom is -0.424 e. The monoisotopic (exact) mass is 241 g/mol. The van der Waals surface area contributed by atoms with Gasteiger partial charge >= 0.3 is 0 Å². The second kappa shape index (κ2) is 5.19. The lowest BCUT2D eigenvalue weighted by Crippen LogP contribution is -2.35. The highest BCUT2D eigenvalue weighted by Crippen LogP contribution is 2.32. The number of hydrogen-bond donors (Lipinski definition) is 0. The van der Waals surface area contributed by atoms with Gasteiger partial charge in [-0.2, -0.15) is 11.8 Å². The molecule has 1 aliphatic carbocycles. The van der Waals surface area contributed by atoms with Crippen LogP contribution >= 0.6 is 11.8 Å². The first-order chi connectivity index (χ1) is 7.70. The SMILES string of the molecule is CS[C@H]1CCC[C@@H]1N(C)Cc1nnc(C)o1. The van der Waals surface area contributed by atoms with Gasteiger partial charge in [-0.3, -0.25) is 4.90 Å². The summed E-state index contributed by atoms with van der Waals surface area (Å²) in [6.07, 6.45) is 6.16. The summed E-state index contributed by atoms with van der Waals surface area (Å²) in [5.41, 5.74) is 0. The first-order valence-corrected chi connectivity index (χ1v) is 7.01. The summed E-state index contributed by atoms with van der Waals surface area (Å²) in [5.74, 6) is 1.38. The van der Waals surface area contributed by atoms with Gasteiger partial charge < -0.3 is 4.42 Å². The maximum Gasteiger partial charge on any atom is 0.230 e. The molecule has 90 valence electrons. The topological polar surface area (TPSA) is 42.2 Å². The lowest BCUT2D eigenvalue weighted by molar-refractivity contribution is 0.217. The molecule has 1 fully saturated rings. The van der Waals surface area contributed by atoms with Crippen molar-refractivity contribution >= 4 is 11.8 Å². The molecule has 16 heavy (non-hydrogen) atoms. The molecule has 4 nitrogen and oxygen atoms in total. The van der Waals surface area contributed by atoms with Crippen LogP contribution in [-0.4, -0.2) is 39.7 Å². The van der Waals surface area contributed by atoms with E-state index in [0.29, 0.717) is 11.9 Å². The molecule has 1 aliphatic rings. The Morgan fingerprint density at radius 1 is 1.44 bits per heavy atom. The third-order valence-electron chi connectivity index (χ3n) is 3.24. The predicted octanol–water partition coefficient (Wildman–Crippen LogP) is 2.09. The summed E-state index contributed by atoms with van der Waals surface area (Å²) in [6, 6.07) is 0.655. The zero-order valence-corrected chi connectivity index (χ0v) is 11.0. The number of aryl methyl sites for hydroxylation is 1. The van der Waals surface area contributed by atoms with Crippen molar-refractivity contribution in [3.63, 3.8) is 0 Å². The molecule has 0 radical (unpaired) electrons. The second-order valence-corrected chi connectivity index (χ2v) is 5.48. The Balaban J connectivity index is 1.94.